The fraction of sp³-hybridized carbons (Fsp3) is 0.312. The van der Waals surface area contributed by atoms with Crippen molar-refractivity contribution in [2.45, 2.75) is 64.8 Å². The van der Waals surface area contributed by atoms with E-state index in [9.17, 15) is 0 Å². The monoisotopic (exact) mass is 480 g/mol. The summed E-state index contributed by atoms with van der Waals surface area (Å²) in [6.45, 7) is 6.92. The van der Waals surface area contributed by atoms with Crippen molar-refractivity contribution in [1.82, 2.24) is 9.55 Å². The molecule has 0 aliphatic rings. The minimum atomic E-state index is 0.250. The Morgan fingerprint density at radius 2 is 1.31 bits per heavy atom. The first-order valence-electron chi connectivity index (χ1n) is 12.8. The maximum atomic E-state index is 8.12. The summed E-state index contributed by atoms with van der Waals surface area (Å²) in [4.78, 5) is 21.5. The summed E-state index contributed by atoms with van der Waals surface area (Å²) in [7, 11) is 0. The Hall–Kier alpha value is -3.75. The summed E-state index contributed by atoms with van der Waals surface area (Å²) in [6.07, 6.45) is 5.49. The number of imidazole rings is 1. The molecule has 0 saturated carbocycles. The molecule has 1 aromatic heterocycles. The first-order valence-corrected chi connectivity index (χ1v) is 12.8. The van der Waals surface area contributed by atoms with Crippen LogP contribution >= 0.6 is 0 Å². The van der Waals surface area contributed by atoms with Crippen LogP contribution in [0.4, 0.5) is 0 Å². The van der Waals surface area contributed by atoms with Gasteiger partial charge in [0, 0.05) is 24.1 Å². The lowest BCUT2D eigenvalue weighted by Gasteiger charge is -2.24. The maximum Gasteiger partial charge on any atom is 0.373 e. The van der Waals surface area contributed by atoms with Crippen molar-refractivity contribution in [3.8, 4) is 0 Å². The van der Waals surface area contributed by atoms with E-state index in [2.05, 4.69) is 116 Å². The predicted octanol–water partition coefficient (Wildman–Crippen LogP) is 7.13. The number of carbonyl (C=O) groups excluding carboxylic acids is 2. The summed E-state index contributed by atoms with van der Waals surface area (Å²) >= 11 is 0. The second kappa shape index (κ2) is 14.0. The summed E-state index contributed by atoms with van der Waals surface area (Å²) in [5.41, 5.74) is 6.66. The van der Waals surface area contributed by atoms with E-state index >= 15 is 0 Å². The van der Waals surface area contributed by atoms with Gasteiger partial charge in [0.1, 0.15) is 5.82 Å². The minimum absolute atomic E-state index is 0.250. The van der Waals surface area contributed by atoms with Crippen molar-refractivity contribution in [2.24, 2.45) is 0 Å². The van der Waals surface area contributed by atoms with Crippen molar-refractivity contribution >= 4 is 6.15 Å². The third-order valence-corrected chi connectivity index (χ3v) is 6.76. The van der Waals surface area contributed by atoms with E-state index in [-0.39, 0.29) is 6.15 Å². The molecule has 36 heavy (non-hydrogen) atoms. The van der Waals surface area contributed by atoms with E-state index in [1.807, 2.05) is 0 Å². The molecule has 2 atom stereocenters. The minimum Gasteiger partial charge on any atom is -0.329 e. The van der Waals surface area contributed by atoms with Gasteiger partial charge in [-0.05, 0) is 49.3 Å². The predicted molar refractivity (Wildman–Crippen MR) is 144 cm³/mol. The van der Waals surface area contributed by atoms with Gasteiger partial charge < -0.3 is 4.57 Å². The van der Waals surface area contributed by atoms with Crippen LogP contribution in [0, 0.1) is 6.92 Å². The molecule has 0 aliphatic heterocycles. The number of aromatic nitrogens is 2. The number of hydrogen-bond acceptors (Lipinski definition) is 3. The van der Waals surface area contributed by atoms with E-state index in [1.54, 1.807) is 0 Å². The Balaban J connectivity index is 0.00000115. The van der Waals surface area contributed by atoms with E-state index in [4.69, 9.17) is 14.6 Å². The molecule has 0 N–H and O–H groups in total. The Morgan fingerprint density at radius 1 is 0.806 bits per heavy atom. The second-order valence-electron chi connectivity index (χ2n) is 9.29. The normalized spacial score (nSPS) is 12.2. The van der Waals surface area contributed by atoms with Crippen molar-refractivity contribution < 1.29 is 9.59 Å². The van der Waals surface area contributed by atoms with Crippen molar-refractivity contribution in [3.05, 3.63) is 125 Å². The molecule has 4 heteroatoms. The summed E-state index contributed by atoms with van der Waals surface area (Å²) in [5, 5.41) is 0. The van der Waals surface area contributed by atoms with Gasteiger partial charge in [-0.25, -0.2) is 4.98 Å². The highest BCUT2D eigenvalue weighted by Crippen LogP contribution is 2.31. The SMILES string of the molecule is CC[C@@H](CCc1ccccc1)n1c(C(C)Cc2ccccc2)nc(Cc2ccccc2)c1C.O=C=O. The third kappa shape index (κ3) is 7.37. The summed E-state index contributed by atoms with van der Waals surface area (Å²) in [6, 6.07) is 32.9. The molecule has 1 unspecified atom stereocenters. The van der Waals surface area contributed by atoms with Gasteiger partial charge in [0.25, 0.3) is 0 Å². The molecule has 1 heterocycles. The van der Waals surface area contributed by atoms with Crippen LogP contribution in [0.2, 0.25) is 0 Å². The molecule has 0 saturated heterocycles. The lowest BCUT2D eigenvalue weighted by molar-refractivity contribution is -0.191. The zero-order valence-electron chi connectivity index (χ0n) is 21.6. The molecule has 0 bridgehead atoms. The molecule has 0 amide bonds. The van der Waals surface area contributed by atoms with E-state index < -0.39 is 0 Å². The highest BCUT2D eigenvalue weighted by Gasteiger charge is 2.24. The zero-order valence-corrected chi connectivity index (χ0v) is 21.6. The van der Waals surface area contributed by atoms with Gasteiger partial charge in [-0.15, -0.1) is 0 Å². The van der Waals surface area contributed by atoms with Crippen molar-refractivity contribution in [3.63, 3.8) is 0 Å². The Kier molecular flexibility index (Phi) is 10.4. The third-order valence-electron chi connectivity index (χ3n) is 6.76. The highest BCUT2D eigenvalue weighted by molar-refractivity contribution is 5.28. The molecule has 0 radical (unpaired) electrons. The maximum absolute atomic E-state index is 8.12. The van der Waals surface area contributed by atoms with Gasteiger partial charge >= 0.3 is 6.15 Å². The second-order valence-corrected chi connectivity index (χ2v) is 9.29. The lowest BCUT2D eigenvalue weighted by atomic mass is 9.98. The number of benzene rings is 3. The Labute approximate surface area is 215 Å². The molecule has 4 aromatic rings. The number of aryl methyl sites for hydroxylation is 1. The largest absolute Gasteiger partial charge is 0.373 e. The molecule has 0 fully saturated rings. The van der Waals surface area contributed by atoms with Crippen LogP contribution in [-0.4, -0.2) is 15.7 Å². The quantitative estimate of drug-likeness (QED) is 0.243. The average molecular weight is 481 g/mol. The standard InChI is InChI=1S/C31H36N2.CO2/c1-4-29(21-20-26-14-8-5-9-15-26)33-25(3)30(23-28-18-12-7-13-19-28)32-31(33)24(2)22-27-16-10-6-11-17-27;2-1-3/h5-19,24,29H,4,20-23H2,1-3H3;/t24?,29-;/m0./s1. The molecular weight excluding hydrogens is 444 g/mol. The van der Waals surface area contributed by atoms with Crippen LogP contribution in [-0.2, 0) is 28.9 Å². The first kappa shape index (κ1) is 26.8. The molecular formula is C32H36N2O2. The number of hydrogen-bond donors (Lipinski definition) is 0. The Bertz CT molecular complexity index is 1210. The van der Waals surface area contributed by atoms with Crippen LogP contribution in [0.5, 0.6) is 0 Å². The van der Waals surface area contributed by atoms with E-state index in [1.165, 1.54) is 33.9 Å². The van der Waals surface area contributed by atoms with Crippen LogP contribution in [0.1, 0.15) is 72.6 Å². The van der Waals surface area contributed by atoms with Crippen LogP contribution in [0.25, 0.3) is 0 Å². The van der Waals surface area contributed by atoms with E-state index in [0.717, 1.165) is 32.1 Å². The first-order chi connectivity index (χ1) is 17.6. The molecule has 186 valence electrons. The lowest BCUT2D eigenvalue weighted by Crippen LogP contribution is -2.17. The zero-order chi connectivity index (χ0) is 25.8. The summed E-state index contributed by atoms with van der Waals surface area (Å²) in [5.74, 6) is 1.60. The molecule has 3 aromatic carbocycles. The molecule has 4 nitrogen and oxygen atoms in total. The molecule has 0 spiro atoms. The number of rotatable bonds is 10. The van der Waals surface area contributed by atoms with Gasteiger partial charge in [-0.2, -0.15) is 9.59 Å². The van der Waals surface area contributed by atoms with E-state index in [0.29, 0.717) is 12.0 Å². The highest BCUT2D eigenvalue weighted by atomic mass is 16.2. The molecule has 0 aliphatic carbocycles. The fourth-order valence-electron chi connectivity index (χ4n) is 4.90. The molecule has 4 rings (SSSR count). The fourth-order valence-corrected chi connectivity index (χ4v) is 4.90. The van der Waals surface area contributed by atoms with Gasteiger partial charge in [-0.1, -0.05) is 105 Å². The van der Waals surface area contributed by atoms with Crippen LogP contribution in [0.3, 0.4) is 0 Å². The van der Waals surface area contributed by atoms with Crippen molar-refractivity contribution in [1.29, 1.82) is 0 Å². The van der Waals surface area contributed by atoms with Crippen LogP contribution < -0.4 is 0 Å². The van der Waals surface area contributed by atoms with Gasteiger partial charge in [0.2, 0.25) is 0 Å². The topological polar surface area (TPSA) is 52.0 Å². The van der Waals surface area contributed by atoms with Gasteiger partial charge in [0.15, 0.2) is 0 Å². The van der Waals surface area contributed by atoms with Gasteiger partial charge in [-0.3, -0.25) is 0 Å². The Morgan fingerprint density at radius 3 is 1.83 bits per heavy atom. The smallest absolute Gasteiger partial charge is 0.329 e. The van der Waals surface area contributed by atoms with Gasteiger partial charge in [0.05, 0.1) is 5.69 Å². The summed E-state index contributed by atoms with van der Waals surface area (Å²) < 4.78 is 2.58. The number of nitrogens with zero attached hydrogens (tertiary/aromatic N) is 2. The average Bonchev–Trinajstić information content (AvgIpc) is 3.22. The van der Waals surface area contributed by atoms with Crippen LogP contribution in [0.15, 0.2) is 91.0 Å². The van der Waals surface area contributed by atoms with Crippen molar-refractivity contribution in [2.75, 3.05) is 0 Å².